The van der Waals surface area contributed by atoms with Gasteiger partial charge in [-0.05, 0) is 29.0 Å². The molecule has 4 aromatic rings. The molecule has 0 radical (unpaired) electrons. The second kappa shape index (κ2) is 8.71. The number of carbonyl (C=O) groups excluding carboxylic acids is 1. The molecule has 0 atom stereocenters. The Bertz CT molecular complexity index is 1200. The van der Waals surface area contributed by atoms with E-state index in [1.54, 1.807) is 18.2 Å². The molecule has 1 N–H and O–H groups in total. The average molecular weight is 419 g/mol. The molecule has 0 fully saturated rings. The minimum Gasteiger partial charge on any atom is -0.496 e. The Morgan fingerprint density at radius 2 is 1.48 bits per heavy atom. The summed E-state index contributed by atoms with van der Waals surface area (Å²) < 4.78 is 27.3. The van der Waals surface area contributed by atoms with Crippen LogP contribution in [-0.2, 0) is 0 Å². The van der Waals surface area contributed by atoms with Gasteiger partial charge in [0.1, 0.15) is 28.7 Å². The molecule has 0 unspecified atom stereocenters. The number of benzene rings is 3. The Labute approximate surface area is 179 Å². The fourth-order valence-electron chi connectivity index (χ4n) is 3.15. The van der Waals surface area contributed by atoms with Crippen LogP contribution in [0.5, 0.6) is 28.9 Å². The first-order chi connectivity index (χ1) is 15.1. The lowest BCUT2D eigenvalue weighted by molar-refractivity contribution is 0.0991. The van der Waals surface area contributed by atoms with E-state index in [0.29, 0.717) is 28.7 Å². The Morgan fingerprint density at radius 3 is 2.16 bits per heavy atom. The molecule has 1 heterocycles. The minimum atomic E-state index is -0.477. The molecule has 31 heavy (non-hydrogen) atoms. The summed E-state index contributed by atoms with van der Waals surface area (Å²) >= 11 is 0. The van der Waals surface area contributed by atoms with Crippen molar-refractivity contribution in [2.24, 2.45) is 0 Å². The fraction of sp³-hybridized carbons (Fsp3) is 0.125. The summed E-state index contributed by atoms with van der Waals surface area (Å²) in [6, 6.07) is 20.1. The quantitative estimate of drug-likeness (QED) is 0.426. The Kier molecular flexibility index (Phi) is 5.66. The minimum absolute atomic E-state index is 0.0794. The van der Waals surface area contributed by atoms with Crippen molar-refractivity contribution in [2.75, 3.05) is 26.6 Å². The van der Waals surface area contributed by atoms with Gasteiger partial charge in [-0.2, -0.15) is 0 Å². The summed E-state index contributed by atoms with van der Waals surface area (Å²) in [7, 11) is 4.52. The molecule has 0 saturated carbocycles. The van der Waals surface area contributed by atoms with Gasteiger partial charge in [-0.25, -0.2) is 0 Å². The zero-order valence-electron chi connectivity index (χ0n) is 17.3. The third-order valence-corrected chi connectivity index (χ3v) is 4.70. The van der Waals surface area contributed by atoms with E-state index in [1.165, 1.54) is 27.4 Å². The van der Waals surface area contributed by atoms with Crippen LogP contribution in [0.4, 0.5) is 5.69 Å². The maximum Gasteiger partial charge on any atom is 0.291 e. The molecular weight excluding hydrogens is 398 g/mol. The van der Waals surface area contributed by atoms with Crippen LogP contribution in [0, 0.1) is 0 Å². The number of ether oxygens (including phenoxy) is 4. The Balaban J connectivity index is 1.53. The number of hydrogen-bond donors (Lipinski definition) is 1. The van der Waals surface area contributed by atoms with Gasteiger partial charge >= 0.3 is 0 Å². The summed E-state index contributed by atoms with van der Waals surface area (Å²) in [6.07, 6.45) is 0. The van der Waals surface area contributed by atoms with Crippen molar-refractivity contribution in [3.05, 3.63) is 72.5 Å². The number of amides is 1. The summed E-state index contributed by atoms with van der Waals surface area (Å²) in [4.78, 5) is 12.7. The van der Waals surface area contributed by atoms with Crippen molar-refractivity contribution in [3.63, 3.8) is 0 Å². The molecule has 1 amide bonds. The van der Waals surface area contributed by atoms with Gasteiger partial charge in [0.15, 0.2) is 5.76 Å². The van der Waals surface area contributed by atoms with Crippen LogP contribution in [0.3, 0.4) is 0 Å². The molecule has 3 aromatic carbocycles. The highest BCUT2D eigenvalue weighted by Gasteiger charge is 2.19. The molecule has 158 valence electrons. The number of rotatable bonds is 7. The second-order valence-corrected chi connectivity index (χ2v) is 6.59. The van der Waals surface area contributed by atoms with Gasteiger partial charge < -0.3 is 28.7 Å². The van der Waals surface area contributed by atoms with Crippen LogP contribution in [-0.4, -0.2) is 27.2 Å². The zero-order valence-corrected chi connectivity index (χ0v) is 17.3. The number of methoxy groups -OCH3 is 3. The SMILES string of the molecule is COc1cc(OC)c(NC(=O)c2ccc(Oc3ccc4ccccc4c3)o2)c(OC)c1. The summed E-state index contributed by atoms with van der Waals surface area (Å²) in [6.45, 7) is 0. The molecule has 0 spiro atoms. The van der Waals surface area contributed by atoms with E-state index in [9.17, 15) is 4.79 Å². The smallest absolute Gasteiger partial charge is 0.291 e. The normalized spacial score (nSPS) is 10.5. The molecule has 0 bridgehead atoms. The van der Waals surface area contributed by atoms with Gasteiger partial charge in [0, 0.05) is 18.2 Å². The van der Waals surface area contributed by atoms with E-state index in [0.717, 1.165) is 10.8 Å². The summed E-state index contributed by atoms with van der Waals surface area (Å²) in [5.74, 6) is 1.74. The lowest BCUT2D eigenvalue weighted by Gasteiger charge is -2.15. The number of hydrogen-bond acceptors (Lipinski definition) is 6. The third-order valence-electron chi connectivity index (χ3n) is 4.70. The maximum atomic E-state index is 12.7. The van der Waals surface area contributed by atoms with Gasteiger partial charge in [0.05, 0.1) is 21.3 Å². The number of anilines is 1. The fourth-order valence-corrected chi connectivity index (χ4v) is 3.15. The topological polar surface area (TPSA) is 79.2 Å². The molecule has 0 aliphatic rings. The lowest BCUT2D eigenvalue weighted by atomic mass is 10.1. The average Bonchev–Trinajstić information content (AvgIpc) is 3.27. The predicted molar refractivity (Wildman–Crippen MR) is 117 cm³/mol. The van der Waals surface area contributed by atoms with E-state index >= 15 is 0 Å². The summed E-state index contributed by atoms with van der Waals surface area (Å²) in [5, 5.41) is 4.91. The van der Waals surface area contributed by atoms with Crippen molar-refractivity contribution in [1.82, 2.24) is 0 Å². The van der Waals surface area contributed by atoms with Crippen molar-refractivity contribution in [3.8, 4) is 28.9 Å². The Morgan fingerprint density at radius 1 is 0.774 bits per heavy atom. The first-order valence-electron chi connectivity index (χ1n) is 9.49. The van der Waals surface area contributed by atoms with Crippen LogP contribution in [0.2, 0.25) is 0 Å². The first kappa shape index (κ1) is 20.2. The maximum absolute atomic E-state index is 12.7. The Hall–Kier alpha value is -4.13. The highest BCUT2D eigenvalue weighted by molar-refractivity contribution is 6.04. The van der Waals surface area contributed by atoms with Crippen LogP contribution in [0.25, 0.3) is 10.8 Å². The molecule has 7 nitrogen and oxygen atoms in total. The molecule has 4 rings (SSSR count). The van der Waals surface area contributed by atoms with Gasteiger partial charge in [-0.15, -0.1) is 0 Å². The van der Waals surface area contributed by atoms with E-state index in [4.69, 9.17) is 23.4 Å². The molecule has 7 heteroatoms. The van der Waals surface area contributed by atoms with E-state index < -0.39 is 5.91 Å². The zero-order chi connectivity index (χ0) is 21.8. The first-order valence-corrected chi connectivity index (χ1v) is 9.49. The highest BCUT2D eigenvalue weighted by atomic mass is 16.6. The standard InChI is InChI=1S/C24H21NO6/c1-27-18-13-20(28-2)23(21(14-18)29-3)25-24(26)19-10-11-22(31-19)30-17-9-8-15-6-4-5-7-16(15)12-17/h4-14H,1-3H3,(H,25,26). The van der Waals surface area contributed by atoms with Gasteiger partial charge in [0.2, 0.25) is 0 Å². The van der Waals surface area contributed by atoms with Crippen LogP contribution in [0.15, 0.2) is 71.1 Å². The molecule has 0 saturated heterocycles. The van der Waals surface area contributed by atoms with E-state index in [-0.39, 0.29) is 11.7 Å². The van der Waals surface area contributed by atoms with Gasteiger partial charge in [-0.1, -0.05) is 30.3 Å². The lowest BCUT2D eigenvalue weighted by Crippen LogP contribution is -2.13. The molecule has 0 aliphatic carbocycles. The van der Waals surface area contributed by atoms with E-state index in [2.05, 4.69) is 5.32 Å². The highest BCUT2D eigenvalue weighted by Crippen LogP contribution is 2.39. The van der Waals surface area contributed by atoms with Gasteiger partial charge in [0.25, 0.3) is 11.9 Å². The van der Waals surface area contributed by atoms with Crippen molar-refractivity contribution < 1.29 is 28.2 Å². The van der Waals surface area contributed by atoms with Crippen molar-refractivity contribution in [2.45, 2.75) is 0 Å². The predicted octanol–water partition coefficient (Wildman–Crippen LogP) is 5.50. The second-order valence-electron chi connectivity index (χ2n) is 6.59. The molecule has 1 aromatic heterocycles. The number of furan rings is 1. The van der Waals surface area contributed by atoms with Crippen LogP contribution >= 0.6 is 0 Å². The van der Waals surface area contributed by atoms with Crippen molar-refractivity contribution >= 4 is 22.4 Å². The van der Waals surface area contributed by atoms with Crippen LogP contribution in [0.1, 0.15) is 10.6 Å². The number of nitrogens with one attached hydrogen (secondary N) is 1. The van der Waals surface area contributed by atoms with E-state index in [1.807, 2.05) is 42.5 Å². The molecule has 0 aliphatic heterocycles. The molecular formula is C24H21NO6. The monoisotopic (exact) mass is 419 g/mol. The van der Waals surface area contributed by atoms with Crippen LogP contribution < -0.4 is 24.3 Å². The third kappa shape index (κ3) is 4.25. The number of fused-ring (bicyclic) bond motifs is 1. The number of carbonyl (C=O) groups is 1. The summed E-state index contributed by atoms with van der Waals surface area (Å²) in [5.41, 5.74) is 0.365. The largest absolute Gasteiger partial charge is 0.496 e. The van der Waals surface area contributed by atoms with Gasteiger partial charge in [-0.3, -0.25) is 4.79 Å². The van der Waals surface area contributed by atoms with Crippen molar-refractivity contribution in [1.29, 1.82) is 0 Å².